The Hall–Kier alpha value is 0.359. The molecule has 0 spiro atoms. The van der Waals surface area contributed by atoms with E-state index in [0.29, 0.717) is 0 Å². The fourth-order valence-electron chi connectivity index (χ4n) is 0. The van der Waals surface area contributed by atoms with Crippen molar-refractivity contribution < 1.29 is 13.7 Å². The van der Waals surface area contributed by atoms with Crippen molar-refractivity contribution in [3.8, 4) is 0 Å². The van der Waals surface area contributed by atoms with Gasteiger partial charge < -0.3 is 0 Å². The standard InChI is InChI=1S/Fe.4H2N/h;4*1H2/q+4;4*-1. The molecule has 36 valence electrons. The van der Waals surface area contributed by atoms with E-state index in [4.69, 9.17) is 19.0 Å². The number of hydrogen-bond acceptors (Lipinski definition) is 4. The molecule has 0 amide bonds. The molecule has 0 aromatic heterocycles. The Morgan fingerprint density at radius 2 is 0.800 bits per heavy atom. The van der Waals surface area contributed by atoms with E-state index in [-0.39, 0.29) is 0 Å². The van der Waals surface area contributed by atoms with Crippen molar-refractivity contribution in [2.24, 2.45) is 19.0 Å². The number of hydrogen-bond donors (Lipinski definition) is 4. The molecule has 0 saturated heterocycles. The molecular formula is H8FeN4. The number of rotatable bonds is 0. The predicted octanol–water partition coefficient (Wildman–Crippen LogP) is -2.36. The van der Waals surface area contributed by atoms with E-state index in [1.165, 1.54) is 0 Å². The first-order chi connectivity index (χ1) is 2.00. The molecule has 0 aromatic rings. The van der Waals surface area contributed by atoms with E-state index in [1.807, 2.05) is 0 Å². The summed E-state index contributed by atoms with van der Waals surface area (Å²) in [4.78, 5) is 0. The molecule has 8 N–H and O–H groups in total. The molecule has 0 saturated carbocycles. The predicted molar refractivity (Wildman–Crippen MR) is 16.7 cm³/mol. The van der Waals surface area contributed by atoms with E-state index in [2.05, 4.69) is 0 Å². The van der Waals surface area contributed by atoms with Crippen LogP contribution in [-0.2, 0) is 13.7 Å². The Kier molecular flexibility index (Phi) is 1.30. The van der Waals surface area contributed by atoms with Gasteiger partial charge in [0.25, 0.3) is 0 Å². The van der Waals surface area contributed by atoms with Crippen LogP contribution in [0.15, 0.2) is 0 Å². The minimum atomic E-state index is -2.50. The maximum absolute atomic E-state index is 4.81. The molecule has 0 fully saturated rings. The normalized spacial score (nSPS) is 15.2. The summed E-state index contributed by atoms with van der Waals surface area (Å²) in [7, 11) is 0. The average Bonchev–Trinajstić information content (AvgIpc) is 0.722. The third-order valence-corrected chi connectivity index (χ3v) is 0. The Labute approximate surface area is 33.6 Å². The van der Waals surface area contributed by atoms with Crippen molar-refractivity contribution in [1.29, 1.82) is 0 Å². The zero-order valence-corrected chi connectivity index (χ0v) is 3.77. The molecule has 0 unspecified atom stereocenters. The first-order valence-electron chi connectivity index (χ1n) is 0.816. The van der Waals surface area contributed by atoms with Crippen LogP contribution in [0.5, 0.6) is 0 Å². The van der Waals surface area contributed by atoms with Crippen LogP contribution in [0.2, 0.25) is 0 Å². The summed E-state index contributed by atoms with van der Waals surface area (Å²) in [6.45, 7) is 0. The molecule has 0 aliphatic carbocycles. The number of nitrogens with two attached hydrogens (primary N) is 4. The molecule has 0 heterocycles. The topological polar surface area (TPSA) is 104 Å². The van der Waals surface area contributed by atoms with Crippen LogP contribution >= 0.6 is 0 Å². The van der Waals surface area contributed by atoms with Crippen LogP contribution in [0, 0.1) is 0 Å². The molecule has 4 nitrogen and oxygen atoms in total. The summed E-state index contributed by atoms with van der Waals surface area (Å²) in [6, 6.07) is 0. The van der Waals surface area contributed by atoms with Gasteiger partial charge in [0.15, 0.2) is 0 Å². The first-order valence-corrected chi connectivity index (χ1v) is 3.37. The minimum absolute atomic E-state index is 2.50. The first kappa shape index (κ1) is 5.36. The van der Waals surface area contributed by atoms with E-state index in [1.54, 1.807) is 0 Å². The molecule has 0 aliphatic heterocycles. The second-order valence-electron chi connectivity index (χ2n) is 0.707. The van der Waals surface area contributed by atoms with Gasteiger partial charge in [0.1, 0.15) is 0 Å². The van der Waals surface area contributed by atoms with E-state index < -0.39 is 13.7 Å². The van der Waals surface area contributed by atoms with Gasteiger partial charge >= 0.3 is 32.7 Å². The summed E-state index contributed by atoms with van der Waals surface area (Å²) >= 11 is -2.50. The van der Waals surface area contributed by atoms with Gasteiger partial charge in [-0.05, 0) is 0 Å². The summed E-state index contributed by atoms with van der Waals surface area (Å²) in [5.41, 5.74) is 0. The fourth-order valence-corrected chi connectivity index (χ4v) is 0. The van der Waals surface area contributed by atoms with E-state index in [0.717, 1.165) is 0 Å². The quantitative estimate of drug-likeness (QED) is 0.268. The van der Waals surface area contributed by atoms with Crippen LogP contribution in [0.25, 0.3) is 0 Å². The van der Waals surface area contributed by atoms with E-state index >= 15 is 0 Å². The van der Waals surface area contributed by atoms with Crippen molar-refractivity contribution in [2.75, 3.05) is 0 Å². The van der Waals surface area contributed by atoms with Crippen molar-refractivity contribution in [3.05, 3.63) is 0 Å². The van der Waals surface area contributed by atoms with Gasteiger partial charge in [-0.15, -0.1) is 0 Å². The fraction of sp³-hybridized carbons (Fsp3) is 0. The van der Waals surface area contributed by atoms with E-state index in [9.17, 15) is 0 Å². The monoisotopic (exact) mass is 120 g/mol. The molecule has 0 radical (unpaired) electrons. The average molecular weight is 120 g/mol. The second-order valence-corrected chi connectivity index (χ2v) is 2.92. The Bertz CT molecular complexity index is 19.1. The Morgan fingerprint density at radius 1 is 0.800 bits per heavy atom. The van der Waals surface area contributed by atoms with Crippen LogP contribution in [0.4, 0.5) is 0 Å². The van der Waals surface area contributed by atoms with Gasteiger partial charge in [-0.1, -0.05) is 0 Å². The summed E-state index contributed by atoms with van der Waals surface area (Å²) < 4.78 is 19.2. The van der Waals surface area contributed by atoms with Gasteiger partial charge in [-0.3, -0.25) is 0 Å². The molecular weight excluding hydrogens is 112 g/mol. The van der Waals surface area contributed by atoms with Gasteiger partial charge in [-0.2, -0.15) is 0 Å². The molecule has 0 aromatic carbocycles. The SMILES string of the molecule is [NH2][Fe]([NH2])([NH2])[NH2]. The third kappa shape index (κ3) is 188. The zero-order valence-electron chi connectivity index (χ0n) is 2.66. The summed E-state index contributed by atoms with van der Waals surface area (Å²) in [5, 5.41) is 0. The summed E-state index contributed by atoms with van der Waals surface area (Å²) in [6.07, 6.45) is 0. The van der Waals surface area contributed by atoms with Crippen molar-refractivity contribution in [1.82, 2.24) is 0 Å². The van der Waals surface area contributed by atoms with Crippen LogP contribution in [0.1, 0.15) is 0 Å². The maximum atomic E-state index is 4.81. The Balaban J connectivity index is 3.02. The van der Waals surface area contributed by atoms with Crippen molar-refractivity contribution >= 4 is 0 Å². The van der Waals surface area contributed by atoms with Crippen LogP contribution in [-0.4, -0.2) is 0 Å². The van der Waals surface area contributed by atoms with Gasteiger partial charge in [0.2, 0.25) is 0 Å². The summed E-state index contributed by atoms with van der Waals surface area (Å²) in [5.74, 6) is 0. The van der Waals surface area contributed by atoms with Crippen LogP contribution < -0.4 is 19.0 Å². The molecule has 5 heteroatoms. The van der Waals surface area contributed by atoms with Gasteiger partial charge in [-0.25, -0.2) is 0 Å². The molecule has 0 bridgehead atoms. The van der Waals surface area contributed by atoms with Gasteiger partial charge in [0, 0.05) is 0 Å². The van der Waals surface area contributed by atoms with Crippen molar-refractivity contribution in [2.45, 2.75) is 0 Å². The molecule has 0 aliphatic rings. The second kappa shape index (κ2) is 1.22. The molecule has 0 atom stereocenters. The molecule has 0 rings (SSSR count). The van der Waals surface area contributed by atoms with Crippen molar-refractivity contribution in [3.63, 3.8) is 0 Å². The molecule has 5 heavy (non-hydrogen) atoms. The Morgan fingerprint density at radius 3 is 0.800 bits per heavy atom. The van der Waals surface area contributed by atoms with Crippen LogP contribution in [0.3, 0.4) is 0 Å². The van der Waals surface area contributed by atoms with Gasteiger partial charge in [0.05, 0.1) is 0 Å². The third-order valence-electron chi connectivity index (χ3n) is 0. The zero-order chi connectivity index (χ0) is 4.50.